The van der Waals surface area contributed by atoms with E-state index in [1.54, 1.807) is 12.1 Å². The predicted molar refractivity (Wildman–Crippen MR) is 94.9 cm³/mol. The third kappa shape index (κ3) is 4.71. The SMILES string of the molecule is Cl.Fc1cc(Cl)ccc1COc1cccc(C2=CCNCC2)c1. The lowest BCUT2D eigenvalue weighted by molar-refractivity contribution is 0.300. The summed E-state index contributed by atoms with van der Waals surface area (Å²) >= 11 is 5.75. The maximum Gasteiger partial charge on any atom is 0.131 e. The van der Waals surface area contributed by atoms with Gasteiger partial charge in [0.25, 0.3) is 0 Å². The fourth-order valence-electron chi connectivity index (χ4n) is 2.47. The van der Waals surface area contributed by atoms with Gasteiger partial charge >= 0.3 is 0 Å². The fourth-order valence-corrected chi connectivity index (χ4v) is 2.63. The summed E-state index contributed by atoms with van der Waals surface area (Å²) in [6.45, 7) is 2.08. The minimum absolute atomic E-state index is 0. The Balaban J connectivity index is 0.00000192. The van der Waals surface area contributed by atoms with Crippen LogP contribution < -0.4 is 10.1 Å². The van der Waals surface area contributed by atoms with Crippen molar-refractivity contribution in [2.45, 2.75) is 13.0 Å². The highest BCUT2D eigenvalue weighted by Crippen LogP contribution is 2.24. The van der Waals surface area contributed by atoms with E-state index in [9.17, 15) is 4.39 Å². The molecule has 2 aromatic rings. The molecule has 0 unspecified atom stereocenters. The number of ether oxygens (including phenoxy) is 1. The monoisotopic (exact) mass is 353 g/mol. The summed E-state index contributed by atoms with van der Waals surface area (Å²) in [6, 6.07) is 12.6. The lowest BCUT2D eigenvalue weighted by Crippen LogP contribution is -2.19. The van der Waals surface area contributed by atoms with Crippen molar-refractivity contribution in [1.29, 1.82) is 0 Å². The molecule has 0 aliphatic carbocycles. The van der Waals surface area contributed by atoms with Crippen molar-refractivity contribution in [1.82, 2.24) is 5.32 Å². The lowest BCUT2D eigenvalue weighted by Gasteiger charge is -2.15. The van der Waals surface area contributed by atoms with Crippen molar-refractivity contribution >= 4 is 29.6 Å². The summed E-state index contributed by atoms with van der Waals surface area (Å²) in [4.78, 5) is 0. The first-order valence-corrected chi connectivity index (χ1v) is 7.67. The van der Waals surface area contributed by atoms with Crippen LogP contribution in [-0.2, 0) is 6.61 Å². The minimum atomic E-state index is -0.343. The Kier molecular flexibility index (Phi) is 6.46. The molecule has 2 nitrogen and oxygen atoms in total. The van der Waals surface area contributed by atoms with Crippen LogP contribution in [0.5, 0.6) is 5.75 Å². The van der Waals surface area contributed by atoms with Crippen LogP contribution in [0.3, 0.4) is 0 Å². The Morgan fingerprint density at radius 1 is 1.17 bits per heavy atom. The Hall–Kier alpha value is -1.55. The van der Waals surface area contributed by atoms with Gasteiger partial charge in [-0.2, -0.15) is 0 Å². The number of nitrogens with one attached hydrogen (secondary N) is 1. The molecule has 5 heteroatoms. The van der Waals surface area contributed by atoms with E-state index in [0.29, 0.717) is 10.6 Å². The lowest BCUT2D eigenvalue weighted by atomic mass is 10.0. The highest BCUT2D eigenvalue weighted by molar-refractivity contribution is 6.30. The molecular weight excluding hydrogens is 336 g/mol. The van der Waals surface area contributed by atoms with E-state index < -0.39 is 0 Å². The third-order valence-corrected chi connectivity index (χ3v) is 3.91. The third-order valence-electron chi connectivity index (χ3n) is 3.68. The van der Waals surface area contributed by atoms with Crippen LogP contribution in [-0.4, -0.2) is 13.1 Å². The van der Waals surface area contributed by atoms with Gasteiger partial charge in [-0.15, -0.1) is 12.4 Å². The van der Waals surface area contributed by atoms with Gasteiger partial charge in [0.15, 0.2) is 0 Å². The molecule has 0 atom stereocenters. The van der Waals surface area contributed by atoms with Crippen LogP contribution in [0.15, 0.2) is 48.5 Å². The van der Waals surface area contributed by atoms with Crippen molar-refractivity contribution in [3.05, 3.63) is 70.5 Å². The van der Waals surface area contributed by atoms with E-state index in [1.165, 1.54) is 11.6 Å². The normalized spacial score (nSPS) is 13.9. The average molecular weight is 354 g/mol. The molecule has 0 radical (unpaired) electrons. The highest BCUT2D eigenvalue weighted by atomic mass is 35.5. The molecule has 1 aliphatic heterocycles. The van der Waals surface area contributed by atoms with Gasteiger partial charge in [-0.05, 0) is 48.4 Å². The van der Waals surface area contributed by atoms with Gasteiger partial charge in [0.2, 0.25) is 0 Å². The average Bonchev–Trinajstić information content (AvgIpc) is 2.55. The Bertz CT molecular complexity index is 703. The van der Waals surface area contributed by atoms with Crippen LogP contribution in [0.4, 0.5) is 4.39 Å². The Morgan fingerprint density at radius 3 is 2.78 bits per heavy atom. The molecule has 23 heavy (non-hydrogen) atoms. The summed E-state index contributed by atoms with van der Waals surface area (Å²) < 4.78 is 19.5. The molecule has 2 aromatic carbocycles. The molecule has 0 amide bonds. The summed E-state index contributed by atoms with van der Waals surface area (Å²) in [5.41, 5.74) is 2.98. The van der Waals surface area contributed by atoms with Gasteiger partial charge in [-0.1, -0.05) is 35.9 Å². The molecule has 0 bridgehead atoms. The quantitative estimate of drug-likeness (QED) is 0.847. The second kappa shape index (κ2) is 8.34. The second-order valence-corrected chi connectivity index (χ2v) is 5.67. The van der Waals surface area contributed by atoms with Gasteiger partial charge < -0.3 is 10.1 Å². The highest BCUT2D eigenvalue weighted by Gasteiger charge is 2.08. The summed E-state index contributed by atoms with van der Waals surface area (Å²) in [6.07, 6.45) is 3.21. The number of hydrogen-bond donors (Lipinski definition) is 1. The minimum Gasteiger partial charge on any atom is -0.489 e. The molecule has 1 heterocycles. The van der Waals surface area contributed by atoms with Crippen LogP contribution in [0.25, 0.3) is 5.57 Å². The maximum absolute atomic E-state index is 13.7. The van der Waals surface area contributed by atoms with E-state index in [2.05, 4.69) is 17.5 Å². The molecule has 0 aromatic heterocycles. The fraction of sp³-hybridized carbons (Fsp3) is 0.222. The predicted octanol–water partition coefficient (Wildman–Crippen LogP) is 4.86. The first-order chi connectivity index (χ1) is 10.7. The Morgan fingerprint density at radius 2 is 2.04 bits per heavy atom. The van der Waals surface area contributed by atoms with Crippen LogP contribution in [0, 0.1) is 5.82 Å². The molecule has 0 fully saturated rings. The van der Waals surface area contributed by atoms with Crippen molar-refractivity contribution in [3.8, 4) is 5.75 Å². The zero-order valence-electron chi connectivity index (χ0n) is 12.5. The number of hydrogen-bond acceptors (Lipinski definition) is 2. The van der Waals surface area contributed by atoms with E-state index in [-0.39, 0.29) is 24.8 Å². The molecule has 0 saturated carbocycles. The second-order valence-electron chi connectivity index (χ2n) is 5.24. The molecule has 1 N–H and O–H groups in total. The molecule has 122 valence electrons. The first kappa shape index (κ1) is 17.8. The molecular formula is C18H18Cl2FNO. The van der Waals surface area contributed by atoms with Crippen LogP contribution >= 0.6 is 24.0 Å². The number of benzene rings is 2. The Labute approximate surface area is 146 Å². The van der Waals surface area contributed by atoms with Gasteiger partial charge in [-0.3, -0.25) is 0 Å². The van der Waals surface area contributed by atoms with Gasteiger partial charge in [0.1, 0.15) is 18.2 Å². The number of halogens is 3. The number of rotatable bonds is 4. The smallest absolute Gasteiger partial charge is 0.131 e. The first-order valence-electron chi connectivity index (χ1n) is 7.29. The summed E-state index contributed by atoms with van der Waals surface area (Å²) in [5, 5.41) is 3.69. The zero-order valence-corrected chi connectivity index (χ0v) is 14.1. The molecule has 0 saturated heterocycles. The maximum atomic E-state index is 13.7. The van der Waals surface area contributed by atoms with Crippen LogP contribution in [0.2, 0.25) is 5.02 Å². The largest absolute Gasteiger partial charge is 0.489 e. The molecule has 0 spiro atoms. The molecule has 1 aliphatic rings. The van der Waals surface area contributed by atoms with E-state index in [1.807, 2.05) is 18.2 Å². The van der Waals surface area contributed by atoms with Crippen molar-refractivity contribution in [2.75, 3.05) is 13.1 Å². The van der Waals surface area contributed by atoms with E-state index >= 15 is 0 Å². The topological polar surface area (TPSA) is 21.3 Å². The van der Waals surface area contributed by atoms with Crippen molar-refractivity contribution in [3.63, 3.8) is 0 Å². The summed E-state index contributed by atoms with van der Waals surface area (Å²) in [5.74, 6) is 0.399. The van der Waals surface area contributed by atoms with Gasteiger partial charge in [0, 0.05) is 17.1 Å². The van der Waals surface area contributed by atoms with Crippen molar-refractivity contribution in [2.24, 2.45) is 0 Å². The summed E-state index contributed by atoms with van der Waals surface area (Å²) in [7, 11) is 0. The van der Waals surface area contributed by atoms with Crippen LogP contribution in [0.1, 0.15) is 17.5 Å². The van der Waals surface area contributed by atoms with Crippen molar-refractivity contribution < 1.29 is 9.13 Å². The van der Waals surface area contributed by atoms with Gasteiger partial charge in [0.05, 0.1) is 0 Å². The standard InChI is InChI=1S/C18H17ClFNO.ClH/c19-16-5-4-15(18(20)11-16)12-22-17-3-1-2-14(10-17)13-6-8-21-9-7-13;/h1-6,10-11,21H,7-9,12H2;1H. The zero-order chi connectivity index (χ0) is 15.4. The molecule has 3 rings (SSSR count). The van der Waals surface area contributed by atoms with E-state index in [4.69, 9.17) is 16.3 Å². The van der Waals surface area contributed by atoms with Gasteiger partial charge in [-0.25, -0.2) is 4.39 Å². The van der Waals surface area contributed by atoms with E-state index in [0.717, 1.165) is 30.8 Å².